The largest absolute Gasteiger partial charge is 0.480 e. The number of rotatable bonds is 2. The Morgan fingerprint density at radius 3 is 2.58 bits per heavy atom. The number of nitrogens with zero attached hydrogens (tertiary/aromatic N) is 3. The molecule has 0 bridgehead atoms. The van der Waals surface area contributed by atoms with Gasteiger partial charge in [-0.05, 0) is 36.2 Å². The number of ether oxygens (including phenoxy) is 1. The van der Waals surface area contributed by atoms with Crippen molar-refractivity contribution in [1.29, 1.82) is 0 Å². The van der Waals surface area contributed by atoms with Gasteiger partial charge >= 0.3 is 0 Å². The number of fused-ring (bicyclic) bond motifs is 3. The highest BCUT2D eigenvalue weighted by atomic mass is 35.5. The smallest absolute Gasteiger partial charge is 0.226 e. The number of halogens is 1. The first-order valence-corrected chi connectivity index (χ1v) is 10.6. The monoisotopic (exact) mass is 426 g/mol. The molecule has 5 nitrogen and oxygen atoms in total. The molecule has 0 unspecified atom stereocenters. The van der Waals surface area contributed by atoms with Gasteiger partial charge in [-0.15, -0.1) is 0 Å². The molecule has 152 valence electrons. The van der Waals surface area contributed by atoms with Crippen LogP contribution >= 0.6 is 11.6 Å². The quantitative estimate of drug-likeness (QED) is 0.440. The van der Waals surface area contributed by atoms with Crippen LogP contribution < -0.4 is 10.1 Å². The molecule has 0 radical (unpaired) electrons. The maximum Gasteiger partial charge on any atom is 0.226 e. The van der Waals surface area contributed by atoms with Gasteiger partial charge in [0.15, 0.2) is 0 Å². The zero-order chi connectivity index (χ0) is 20.9. The third-order valence-electron chi connectivity index (χ3n) is 5.87. The third kappa shape index (κ3) is 2.93. The van der Waals surface area contributed by atoms with Gasteiger partial charge in [-0.25, -0.2) is 4.68 Å². The Balaban J connectivity index is 1.64. The Morgan fingerprint density at radius 1 is 0.968 bits per heavy atom. The first-order valence-electron chi connectivity index (χ1n) is 10.2. The summed E-state index contributed by atoms with van der Waals surface area (Å²) < 4.78 is 8.53. The summed E-state index contributed by atoms with van der Waals surface area (Å²) in [6.45, 7) is 2.09. The topological polar surface area (TPSA) is 52.0 Å². The molecule has 0 spiro atoms. The fourth-order valence-electron chi connectivity index (χ4n) is 4.41. The average molecular weight is 427 g/mol. The summed E-state index contributed by atoms with van der Waals surface area (Å²) in [5.74, 6) is 1.49. The molecule has 0 fully saturated rings. The van der Waals surface area contributed by atoms with Crippen LogP contribution in [0.25, 0.3) is 5.70 Å². The Labute approximate surface area is 185 Å². The van der Waals surface area contributed by atoms with E-state index in [1.165, 1.54) is 5.56 Å². The predicted molar refractivity (Wildman–Crippen MR) is 121 cm³/mol. The van der Waals surface area contributed by atoms with Crippen molar-refractivity contribution in [3.63, 3.8) is 0 Å². The van der Waals surface area contributed by atoms with Gasteiger partial charge in [0.25, 0.3) is 0 Å². The van der Waals surface area contributed by atoms with E-state index in [4.69, 9.17) is 16.3 Å². The molecular formula is C25H19ClN4O. The van der Waals surface area contributed by atoms with Crippen LogP contribution in [0.4, 0.5) is 5.95 Å². The molecule has 6 heteroatoms. The molecule has 1 aromatic heterocycles. The van der Waals surface area contributed by atoms with Crippen molar-refractivity contribution in [2.45, 2.75) is 19.1 Å². The van der Waals surface area contributed by atoms with Crippen molar-refractivity contribution in [2.75, 3.05) is 5.32 Å². The lowest BCUT2D eigenvalue weighted by Crippen LogP contribution is -2.32. The van der Waals surface area contributed by atoms with Gasteiger partial charge in [0.2, 0.25) is 5.95 Å². The molecule has 3 heterocycles. The molecule has 0 saturated carbocycles. The van der Waals surface area contributed by atoms with E-state index < -0.39 is 0 Å². The van der Waals surface area contributed by atoms with Gasteiger partial charge in [-0.1, -0.05) is 71.8 Å². The lowest BCUT2D eigenvalue weighted by molar-refractivity contribution is 0.223. The van der Waals surface area contributed by atoms with E-state index in [0.29, 0.717) is 11.0 Å². The second-order valence-corrected chi connectivity index (χ2v) is 8.28. The summed E-state index contributed by atoms with van der Waals surface area (Å²) in [6.07, 6.45) is 1.30. The highest BCUT2D eigenvalue weighted by Gasteiger charge is 2.40. The minimum Gasteiger partial charge on any atom is -0.480 e. The van der Waals surface area contributed by atoms with Crippen LogP contribution in [0.2, 0.25) is 5.02 Å². The molecule has 0 aliphatic carbocycles. The molecule has 6 rings (SSSR count). The minimum absolute atomic E-state index is 0.159. The first-order chi connectivity index (χ1) is 15.2. The van der Waals surface area contributed by atoms with Gasteiger partial charge < -0.3 is 10.1 Å². The van der Waals surface area contributed by atoms with Crippen molar-refractivity contribution in [2.24, 2.45) is 0 Å². The molecule has 2 aliphatic rings. The Bertz CT molecular complexity index is 1310. The predicted octanol–water partition coefficient (Wildman–Crippen LogP) is 5.80. The molecule has 0 amide bonds. The van der Waals surface area contributed by atoms with E-state index in [1.807, 2.05) is 41.1 Å². The number of hydrogen-bond donors (Lipinski definition) is 1. The number of aromatic nitrogens is 3. The normalized spacial score (nSPS) is 19.0. The summed E-state index contributed by atoms with van der Waals surface area (Å²) in [4.78, 5) is 4.46. The van der Waals surface area contributed by atoms with Crippen LogP contribution in [-0.4, -0.2) is 14.8 Å². The van der Waals surface area contributed by atoms with Crippen LogP contribution in [0.5, 0.6) is 5.75 Å². The fraction of sp³-hybridized carbons (Fsp3) is 0.120. The summed E-state index contributed by atoms with van der Waals surface area (Å²) >= 11 is 6.37. The SMILES string of the molecule is Cc1ccc([C@H]2Oc3ccc(Cl)cc3C3=C2[C@H](c2ccccc2)n2ncnc2N3)cc1. The van der Waals surface area contributed by atoms with Gasteiger partial charge in [-0.2, -0.15) is 10.1 Å². The number of anilines is 1. The van der Waals surface area contributed by atoms with E-state index in [2.05, 4.69) is 58.7 Å². The van der Waals surface area contributed by atoms with Crippen molar-refractivity contribution in [1.82, 2.24) is 14.8 Å². The maximum atomic E-state index is 6.61. The number of benzene rings is 3. The standard InChI is InChI=1S/C25H19ClN4O/c1-15-7-9-17(10-8-15)24-21-22(19-13-18(26)11-12-20(19)31-24)29-25-27-14-28-30(25)23(21)16-5-3-2-4-6-16/h2-14,23-24H,1H3,(H,27,28,29)/t23-,24+/m0/s1. The third-order valence-corrected chi connectivity index (χ3v) is 6.11. The van der Waals surface area contributed by atoms with E-state index in [-0.39, 0.29) is 12.1 Å². The molecule has 0 saturated heterocycles. The molecular weight excluding hydrogens is 408 g/mol. The molecule has 31 heavy (non-hydrogen) atoms. The zero-order valence-corrected chi connectivity index (χ0v) is 17.5. The number of nitrogens with one attached hydrogen (secondary N) is 1. The fourth-order valence-corrected chi connectivity index (χ4v) is 4.59. The van der Waals surface area contributed by atoms with Gasteiger partial charge in [0.05, 0.1) is 5.70 Å². The van der Waals surface area contributed by atoms with Gasteiger partial charge in [0.1, 0.15) is 24.2 Å². The van der Waals surface area contributed by atoms with Crippen LogP contribution in [0.3, 0.4) is 0 Å². The zero-order valence-electron chi connectivity index (χ0n) is 16.8. The van der Waals surface area contributed by atoms with Crippen LogP contribution in [0, 0.1) is 6.92 Å². The molecule has 2 atom stereocenters. The van der Waals surface area contributed by atoms with Gasteiger partial charge in [0, 0.05) is 16.2 Å². The first kappa shape index (κ1) is 18.2. The number of hydrogen-bond acceptors (Lipinski definition) is 4. The van der Waals surface area contributed by atoms with E-state index in [0.717, 1.165) is 33.7 Å². The molecule has 1 N–H and O–H groups in total. The van der Waals surface area contributed by atoms with Crippen LogP contribution in [0.1, 0.15) is 34.4 Å². The van der Waals surface area contributed by atoms with Crippen molar-refractivity contribution < 1.29 is 4.74 Å². The summed E-state index contributed by atoms with van der Waals surface area (Å²) in [5, 5.41) is 8.71. The van der Waals surface area contributed by atoms with E-state index in [1.54, 1.807) is 6.33 Å². The average Bonchev–Trinajstić information content (AvgIpc) is 3.27. The van der Waals surface area contributed by atoms with Crippen molar-refractivity contribution in [3.8, 4) is 5.75 Å². The lowest BCUT2D eigenvalue weighted by Gasteiger charge is -2.39. The van der Waals surface area contributed by atoms with E-state index >= 15 is 0 Å². The van der Waals surface area contributed by atoms with E-state index in [9.17, 15) is 0 Å². The second kappa shape index (κ2) is 7.00. The van der Waals surface area contributed by atoms with Crippen LogP contribution in [-0.2, 0) is 0 Å². The summed E-state index contributed by atoms with van der Waals surface area (Å²) in [7, 11) is 0. The second-order valence-electron chi connectivity index (χ2n) is 7.85. The Morgan fingerprint density at radius 2 is 1.77 bits per heavy atom. The minimum atomic E-state index is -0.278. The summed E-state index contributed by atoms with van der Waals surface area (Å²) in [5.41, 5.74) is 6.41. The Kier molecular flexibility index (Phi) is 4.11. The maximum absolute atomic E-state index is 6.61. The van der Waals surface area contributed by atoms with Crippen molar-refractivity contribution in [3.05, 3.63) is 112 Å². The molecule has 4 aromatic rings. The molecule has 2 aliphatic heterocycles. The van der Waals surface area contributed by atoms with Crippen molar-refractivity contribution >= 4 is 23.2 Å². The van der Waals surface area contributed by atoms with Gasteiger partial charge in [-0.3, -0.25) is 0 Å². The summed E-state index contributed by atoms with van der Waals surface area (Å²) in [6, 6.07) is 24.4. The highest BCUT2D eigenvalue weighted by molar-refractivity contribution is 6.30. The molecule has 3 aromatic carbocycles. The number of aryl methyl sites for hydroxylation is 1. The lowest BCUT2D eigenvalue weighted by atomic mass is 9.84. The highest BCUT2D eigenvalue weighted by Crippen LogP contribution is 2.50. The van der Waals surface area contributed by atoms with Crippen LogP contribution in [0.15, 0.2) is 84.7 Å². The Hall–Kier alpha value is -3.57.